The third kappa shape index (κ3) is 3.08. The molecule has 1 aliphatic rings. The molecule has 0 spiro atoms. The Bertz CT molecular complexity index is 389. The van der Waals surface area contributed by atoms with Crippen molar-refractivity contribution in [2.75, 3.05) is 26.7 Å². The highest BCUT2D eigenvalue weighted by atomic mass is 16.4. The van der Waals surface area contributed by atoms with Crippen molar-refractivity contribution in [3.8, 4) is 0 Å². The van der Waals surface area contributed by atoms with Crippen molar-refractivity contribution in [1.29, 1.82) is 0 Å². The number of nitrogens with zero attached hydrogens (tertiary/aromatic N) is 1. The van der Waals surface area contributed by atoms with Crippen LogP contribution >= 0.6 is 0 Å². The standard InChI is InChI=1S/C12H18N2O3/c1-13-6-9-4-5-14(7-9)8-10-2-3-11(17-10)12(15)16/h2-3,9,13H,4-8H2,1H3,(H,15,16). The first kappa shape index (κ1) is 12.1. The maximum absolute atomic E-state index is 10.7. The van der Waals surface area contributed by atoms with Gasteiger partial charge < -0.3 is 14.8 Å². The van der Waals surface area contributed by atoms with Crippen LogP contribution in [0.25, 0.3) is 0 Å². The van der Waals surface area contributed by atoms with E-state index in [0.29, 0.717) is 12.5 Å². The summed E-state index contributed by atoms with van der Waals surface area (Å²) in [4.78, 5) is 13.0. The van der Waals surface area contributed by atoms with E-state index < -0.39 is 5.97 Å². The van der Waals surface area contributed by atoms with Gasteiger partial charge in [0, 0.05) is 6.54 Å². The van der Waals surface area contributed by atoms with Gasteiger partial charge in [0.05, 0.1) is 6.54 Å². The smallest absolute Gasteiger partial charge is 0.371 e. The molecule has 0 saturated carbocycles. The number of carboxylic acid groups (broad SMARTS) is 1. The lowest BCUT2D eigenvalue weighted by Crippen LogP contribution is -2.24. The van der Waals surface area contributed by atoms with Crippen molar-refractivity contribution in [1.82, 2.24) is 10.2 Å². The summed E-state index contributed by atoms with van der Waals surface area (Å²) in [7, 11) is 1.97. The van der Waals surface area contributed by atoms with Gasteiger partial charge in [-0.2, -0.15) is 0 Å². The first-order valence-corrected chi connectivity index (χ1v) is 5.88. The lowest BCUT2D eigenvalue weighted by Gasteiger charge is -2.14. The monoisotopic (exact) mass is 238 g/mol. The molecule has 17 heavy (non-hydrogen) atoms. The predicted molar refractivity (Wildman–Crippen MR) is 63.0 cm³/mol. The van der Waals surface area contributed by atoms with Gasteiger partial charge in [0.25, 0.3) is 0 Å². The molecule has 1 saturated heterocycles. The molecule has 2 rings (SSSR count). The highest BCUT2D eigenvalue weighted by molar-refractivity contribution is 5.84. The van der Waals surface area contributed by atoms with Crippen LogP contribution in [0.5, 0.6) is 0 Å². The third-order valence-corrected chi connectivity index (χ3v) is 3.11. The average molecular weight is 238 g/mol. The Hall–Kier alpha value is -1.33. The van der Waals surface area contributed by atoms with Gasteiger partial charge in [0.15, 0.2) is 0 Å². The summed E-state index contributed by atoms with van der Waals surface area (Å²) in [6, 6.07) is 3.26. The van der Waals surface area contributed by atoms with E-state index in [-0.39, 0.29) is 5.76 Å². The Labute approximate surface area is 100 Å². The summed E-state index contributed by atoms with van der Waals surface area (Å²) >= 11 is 0. The molecule has 0 aromatic carbocycles. The zero-order chi connectivity index (χ0) is 12.3. The number of hydrogen-bond donors (Lipinski definition) is 2. The second kappa shape index (κ2) is 5.33. The Morgan fingerprint density at radius 2 is 2.47 bits per heavy atom. The van der Waals surface area contributed by atoms with Gasteiger partial charge in [0.2, 0.25) is 5.76 Å². The van der Waals surface area contributed by atoms with Crippen molar-refractivity contribution in [2.24, 2.45) is 5.92 Å². The van der Waals surface area contributed by atoms with E-state index in [2.05, 4.69) is 10.2 Å². The predicted octanol–water partition coefficient (Wildman–Crippen LogP) is 1.02. The molecule has 0 bridgehead atoms. The summed E-state index contributed by atoms with van der Waals surface area (Å²) in [6.45, 7) is 3.84. The summed E-state index contributed by atoms with van der Waals surface area (Å²) in [5.74, 6) is 0.429. The Kier molecular flexibility index (Phi) is 3.81. The zero-order valence-electron chi connectivity index (χ0n) is 9.98. The van der Waals surface area contributed by atoms with E-state index in [4.69, 9.17) is 9.52 Å². The molecule has 1 atom stereocenters. The zero-order valence-corrected chi connectivity index (χ0v) is 9.98. The third-order valence-electron chi connectivity index (χ3n) is 3.11. The molecule has 1 aliphatic heterocycles. The molecule has 0 aliphatic carbocycles. The van der Waals surface area contributed by atoms with Crippen LogP contribution in [0, 0.1) is 5.92 Å². The fourth-order valence-corrected chi connectivity index (χ4v) is 2.31. The molecule has 1 aromatic rings. The largest absolute Gasteiger partial charge is 0.475 e. The fraction of sp³-hybridized carbons (Fsp3) is 0.583. The fourth-order valence-electron chi connectivity index (χ4n) is 2.31. The van der Waals surface area contributed by atoms with Crippen molar-refractivity contribution in [3.63, 3.8) is 0 Å². The lowest BCUT2D eigenvalue weighted by molar-refractivity contribution is 0.0658. The number of nitrogens with one attached hydrogen (secondary N) is 1. The number of aromatic carboxylic acids is 1. The topological polar surface area (TPSA) is 65.7 Å². The van der Waals surface area contributed by atoms with Crippen molar-refractivity contribution in [2.45, 2.75) is 13.0 Å². The number of carboxylic acids is 1. The van der Waals surface area contributed by atoms with Crippen LogP contribution in [0.2, 0.25) is 0 Å². The number of carbonyl (C=O) groups is 1. The van der Waals surface area contributed by atoms with E-state index in [1.165, 1.54) is 12.5 Å². The molecule has 0 amide bonds. The minimum absolute atomic E-state index is 0.0194. The van der Waals surface area contributed by atoms with Gasteiger partial charge >= 0.3 is 5.97 Å². The normalized spacial score (nSPS) is 20.9. The van der Waals surface area contributed by atoms with E-state index in [1.54, 1.807) is 6.07 Å². The van der Waals surface area contributed by atoms with Gasteiger partial charge in [0.1, 0.15) is 5.76 Å². The molecule has 1 unspecified atom stereocenters. The second-order valence-corrected chi connectivity index (χ2v) is 4.52. The van der Waals surface area contributed by atoms with Crippen LogP contribution in [-0.2, 0) is 6.54 Å². The number of likely N-dealkylation sites (tertiary alicyclic amines) is 1. The van der Waals surface area contributed by atoms with Crippen LogP contribution in [-0.4, -0.2) is 42.7 Å². The van der Waals surface area contributed by atoms with E-state index >= 15 is 0 Å². The molecule has 2 N–H and O–H groups in total. The molecule has 5 nitrogen and oxygen atoms in total. The number of hydrogen-bond acceptors (Lipinski definition) is 4. The van der Waals surface area contributed by atoms with Crippen LogP contribution < -0.4 is 5.32 Å². The highest BCUT2D eigenvalue weighted by Gasteiger charge is 2.22. The minimum Gasteiger partial charge on any atom is -0.475 e. The van der Waals surface area contributed by atoms with Gasteiger partial charge in [-0.3, -0.25) is 4.90 Å². The van der Waals surface area contributed by atoms with Crippen LogP contribution in [0.4, 0.5) is 0 Å². The lowest BCUT2D eigenvalue weighted by atomic mass is 10.1. The van der Waals surface area contributed by atoms with E-state index in [0.717, 1.165) is 25.4 Å². The second-order valence-electron chi connectivity index (χ2n) is 4.52. The molecule has 1 aromatic heterocycles. The molecule has 5 heteroatoms. The summed E-state index contributed by atoms with van der Waals surface area (Å²) in [5.41, 5.74) is 0. The Morgan fingerprint density at radius 3 is 3.12 bits per heavy atom. The summed E-state index contributed by atoms with van der Waals surface area (Å²) in [6.07, 6.45) is 1.19. The average Bonchev–Trinajstić information content (AvgIpc) is 2.89. The maximum Gasteiger partial charge on any atom is 0.371 e. The molecular weight excluding hydrogens is 220 g/mol. The van der Waals surface area contributed by atoms with Crippen LogP contribution in [0.3, 0.4) is 0 Å². The number of furan rings is 1. The van der Waals surface area contributed by atoms with Crippen LogP contribution in [0.1, 0.15) is 22.7 Å². The van der Waals surface area contributed by atoms with E-state index in [9.17, 15) is 4.79 Å². The van der Waals surface area contributed by atoms with E-state index in [1.807, 2.05) is 7.05 Å². The quantitative estimate of drug-likeness (QED) is 0.801. The number of rotatable bonds is 5. The summed E-state index contributed by atoms with van der Waals surface area (Å²) in [5, 5.41) is 11.9. The highest BCUT2D eigenvalue weighted by Crippen LogP contribution is 2.19. The first-order chi connectivity index (χ1) is 8.19. The van der Waals surface area contributed by atoms with Crippen molar-refractivity contribution < 1.29 is 14.3 Å². The molecule has 94 valence electrons. The Balaban J connectivity index is 1.87. The minimum atomic E-state index is -1.01. The molecule has 0 radical (unpaired) electrons. The molecule has 1 fully saturated rings. The van der Waals surface area contributed by atoms with Gasteiger partial charge in [-0.15, -0.1) is 0 Å². The Morgan fingerprint density at radius 1 is 1.65 bits per heavy atom. The van der Waals surface area contributed by atoms with Gasteiger partial charge in [-0.05, 0) is 44.6 Å². The summed E-state index contributed by atoms with van der Waals surface area (Å²) < 4.78 is 5.25. The van der Waals surface area contributed by atoms with Crippen molar-refractivity contribution >= 4 is 5.97 Å². The SMILES string of the molecule is CNCC1CCN(Cc2ccc(C(=O)O)o2)C1. The van der Waals surface area contributed by atoms with Gasteiger partial charge in [-0.1, -0.05) is 0 Å². The maximum atomic E-state index is 10.7. The first-order valence-electron chi connectivity index (χ1n) is 5.88. The van der Waals surface area contributed by atoms with Gasteiger partial charge in [-0.25, -0.2) is 4.79 Å². The molecule has 2 heterocycles. The molecular formula is C12H18N2O3. The van der Waals surface area contributed by atoms with Crippen molar-refractivity contribution in [3.05, 3.63) is 23.7 Å². The van der Waals surface area contributed by atoms with Crippen LogP contribution in [0.15, 0.2) is 16.5 Å².